The number of halogens is 1. The Morgan fingerprint density at radius 3 is 2.50 bits per heavy atom. The normalized spacial score (nSPS) is 17.6. The standard InChI is InChI=1S/C15H21ClN2O2/c1-10-6-5-7-11(16)12(10)15(17)8-18(9-15)13(19)20-14(2,3)4/h5-7H,8-9,17H2,1-4H3. The summed E-state index contributed by atoms with van der Waals surface area (Å²) in [5, 5.41) is 0.649. The molecule has 1 aliphatic rings. The molecule has 0 unspecified atom stereocenters. The second-order valence-corrected chi connectivity index (χ2v) is 6.83. The predicted molar refractivity (Wildman–Crippen MR) is 79.9 cm³/mol. The van der Waals surface area contributed by atoms with Crippen LogP contribution in [-0.2, 0) is 10.3 Å². The first-order valence-electron chi connectivity index (χ1n) is 6.65. The predicted octanol–water partition coefficient (Wildman–Crippen LogP) is 3.05. The molecule has 0 aliphatic carbocycles. The van der Waals surface area contributed by atoms with Crippen LogP contribution in [0.15, 0.2) is 18.2 Å². The number of hydrogen-bond acceptors (Lipinski definition) is 3. The van der Waals surface area contributed by atoms with Crippen LogP contribution in [0.1, 0.15) is 31.9 Å². The second kappa shape index (κ2) is 4.93. The summed E-state index contributed by atoms with van der Waals surface area (Å²) in [6, 6.07) is 5.70. The molecule has 0 bridgehead atoms. The molecular formula is C15H21ClN2O2. The van der Waals surface area contributed by atoms with Gasteiger partial charge in [0.1, 0.15) is 5.60 Å². The molecule has 1 aromatic carbocycles. The van der Waals surface area contributed by atoms with Gasteiger partial charge in [0.15, 0.2) is 0 Å². The quantitative estimate of drug-likeness (QED) is 0.866. The van der Waals surface area contributed by atoms with Gasteiger partial charge >= 0.3 is 6.09 Å². The molecule has 2 rings (SSSR count). The smallest absolute Gasteiger partial charge is 0.410 e. The van der Waals surface area contributed by atoms with Gasteiger partial charge in [-0.15, -0.1) is 0 Å². The summed E-state index contributed by atoms with van der Waals surface area (Å²) in [6.07, 6.45) is -0.330. The number of hydrogen-bond donors (Lipinski definition) is 1. The van der Waals surface area contributed by atoms with Gasteiger partial charge < -0.3 is 15.4 Å². The molecule has 1 saturated heterocycles. The van der Waals surface area contributed by atoms with Crippen molar-refractivity contribution in [3.8, 4) is 0 Å². The monoisotopic (exact) mass is 296 g/mol. The minimum atomic E-state index is -0.584. The zero-order valence-electron chi connectivity index (χ0n) is 12.4. The van der Waals surface area contributed by atoms with Crippen molar-refractivity contribution in [3.05, 3.63) is 34.3 Å². The van der Waals surface area contributed by atoms with Gasteiger partial charge in [-0.25, -0.2) is 4.79 Å². The highest BCUT2D eigenvalue weighted by molar-refractivity contribution is 6.31. The molecule has 1 aliphatic heterocycles. The highest BCUT2D eigenvalue weighted by atomic mass is 35.5. The van der Waals surface area contributed by atoms with Gasteiger partial charge in [0.05, 0.1) is 5.54 Å². The van der Waals surface area contributed by atoms with E-state index in [1.165, 1.54) is 0 Å². The lowest BCUT2D eigenvalue weighted by Gasteiger charge is -2.48. The molecule has 110 valence electrons. The average molecular weight is 297 g/mol. The maximum atomic E-state index is 11.9. The summed E-state index contributed by atoms with van der Waals surface area (Å²) >= 11 is 6.25. The number of amides is 1. The summed E-state index contributed by atoms with van der Waals surface area (Å²) in [4.78, 5) is 13.6. The molecule has 0 atom stereocenters. The first-order valence-corrected chi connectivity index (χ1v) is 7.03. The molecule has 1 heterocycles. The van der Waals surface area contributed by atoms with Crippen LogP contribution in [0.2, 0.25) is 5.02 Å². The van der Waals surface area contributed by atoms with E-state index in [2.05, 4.69) is 0 Å². The Hall–Kier alpha value is -1.26. The number of likely N-dealkylation sites (tertiary alicyclic amines) is 1. The van der Waals surface area contributed by atoms with Crippen LogP contribution < -0.4 is 5.73 Å². The van der Waals surface area contributed by atoms with Gasteiger partial charge in [0.25, 0.3) is 0 Å². The van der Waals surface area contributed by atoms with Crippen molar-refractivity contribution >= 4 is 17.7 Å². The van der Waals surface area contributed by atoms with Crippen molar-refractivity contribution in [3.63, 3.8) is 0 Å². The lowest BCUT2D eigenvalue weighted by atomic mass is 9.81. The van der Waals surface area contributed by atoms with E-state index in [0.29, 0.717) is 18.1 Å². The van der Waals surface area contributed by atoms with E-state index in [1.807, 2.05) is 45.9 Å². The molecule has 1 fully saturated rings. The summed E-state index contributed by atoms with van der Waals surface area (Å²) in [7, 11) is 0. The minimum absolute atomic E-state index is 0.330. The molecule has 20 heavy (non-hydrogen) atoms. The zero-order chi connectivity index (χ0) is 15.1. The molecule has 0 spiro atoms. The van der Waals surface area contributed by atoms with Crippen molar-refractivity contribution in [2.75, 3.05) is 13.1 Å². The molecule has 2 N–H and O–H groups in total. The second-order valence-electron chi connectivity index (χ2n) is 6.42. The number of ether oxygens (including phenoxy) is 1. The summed E-state index contributed by atoms with van der Waals surface area (Å²) in [5.74, 6) is 0. The molecule has 0 radical (unpaired) electrons. The number of nitrogens with two attached hydrogens (primary N) is 1. The maximum absolute atomic E-state index is 11.9. The Kier molecular flexibility index (Phi) is 3.73. The van der Waals surface area contributed by atoms with Crippen molar-refractivity contribution in [2.24, 2.45) is 5.73 Å². The zero-order valence-corrected chi connectivity index (χ0v) is 13.1. The van der Waals surface area contributed by atoms with Crippen LogP contribution in [0.3, 0.4) is 0 Å². The van der Waals surface area contributed by atoms with E-state index in [0.717, 1.165) is 11.1 Å². The first-order chi connectivity index (χ1) is 9.12. The lowest BCUT2D eigenvalue weighted by Crippen LogP contribution is -2.66. The van der Waals surface area contributed by atoms with E-state index in [1.54, 1.807) is 4.90 Å². The van der Waals surface area contributed by atoms with Crippen LogP contribution in [0.25, 0.3) is 0 Å². The van der Waals surface area contributed by atoms with Crippen molar-refractivity contribution in [2.45, 2.75) is 38.8 Å². The number of benzene rings is 1. The van der Waals surface area contributed by atoms with Crippen LogP contribution in [0, 0.1) is 6.92 Å². The van der Waals surface area contributed by atoms with Crippen molar-refractivity contribution in [1.29, 1.82) is 0 Å². The average Bonchev–Trinajstić information content (AvgIpc) is 2.22. The Labute approximate surface area is 124 Å². The van der Waals surface area contributed by atoms with Gasteiger partial charge in [0, 0.05) is 18.1 Å². The Balaban J connectivity index is 2.10. The molecule has 1 amide bonds. The van der Waals surface area contributed by atoms with Gasteiger partial charge in [-0.05, 0) is 44.9 Å². The number of rotatable bonds is 1. The van der Waals surface area contributed by atoms with E-state index in [9.17, 15) is 4.79 Å². The minimum Gasteiger partial charge on any atom is -0.444 e. The summed E-state index contributed by atoms with van der Waals surface area (Å²) < 4.78 is 5.33. The van der Waals surface area contributed by atoms with Crippen molar-refractivity contribution < 1.29 is 9.53 Å². The first kappa shape index (κ1) is 15.1. The van der Waals surface area contributed by atoms with Crippen LogP contribution in [0.4, 0.5) is 4.79 Å². The van der Waals surface area contributed by atoms with E-state index in [4.69, 9.17) is 22.1 Å². The third-order valence-electron chi connectivity index (χ3n) is 3.32. The molecule has 5 heteroatoms. The third kappa shape index (κ3) is 2.91. The Morgan fingerprint density at radius 1 is 1.40 bits per heavy atom. The van der Waals surface area contributed by atoms with E-state index in [-0.39, 0.29) is 6.09 Å². The number of carbonyl (C=O) groups is 1. The number of nitrogens with zero attached hydrogens (tertiary/aromatic N) is 1. The SMILES string of the molecule is Cc1cccc(Cl)c1C1(N)CN(C(=O)OC(C)(C)C)C1. The van der Waals surface area contributed by atoms with Gasteiger partial charge in [-0.1, -0.05) is 23.7 Å². The van der Waals surface area contributed by atoms with Crippen LogP contribution in [0.5, 0.6) is 0 Å². The van der Waals surface area contributed by atoms with E-state index >= 15 is 0 Å². The lowest BCUT2D eigenvalue weighted by molar-refractivity contribution is -0.00899. The third-order valence-corrected chi connectivity index (χ3v) is 3.63. The molecule has 1 aromatic rings. The molecular weight excluding hydrogens is 276 g/mol. The number of aryl methyl sites for hydroxylation is 1. The van der Waals surface area contributed by atoms with Gasteiger partial charge in [-0.2, -0.15) is 0 Å². The molecule has 0 aromatic heterocycles. The summed E-state index contributed by atoms with van der Waals surface area (Å²) in [5.41, 5.74) is 7.27. The topological polar surface area (TPSA) is 55.6 Å². The highest BCUT2D eigenvalue weighted by Gasteiger charge is 2.46. The van der Waals surface area contributed by atoms with Crippen LogP contribution >= 0.6 is 11.6 Å². The largest absolute Gasteiger partial charge is 0.444 e. The molecule has 0 saturated carbocycles. The van der Waals surface area contributed by atoms with Gasteiger partial charge in [-0.3, -0.25) is 0 Å². The number of carbonyl (C=O) groups excluding carboxylic acids is 1. The Morgan fingerprint density at radius 2 is 2.00 bits per heavy atom. The summed E-state index contributed by atoms with van der Waals surface area (Å²) in [6.45, 7) is 8.36. The highest BCUT2D eigenvalue weighted by Crippen LogP contribution is 2.36. The van der Waals surface area contributed by atoms with Crippen molar-refractivity contribution in [1.82, 2.24) is 4.90 Å². The maximum Gasteiger partial charge on any atom is 0.410 e. The Bertz CT molecular complexity index is 511. The molecule has 4 nitrogen and oxygen atoms in total. The van der Waals surface area contributed by atoms with Gasteiger partial charge in [0.2, 0.25) is 0 Å². The van der Waals surface area contributed by atoms with Crippen LogP contribution in [-0.4, -0.2) is 29.7 Å². The fraction of sp³-hybridized carbons (Fsp3) is 0.533. The van der Waals surface area contributed by atoms with E-state index < -0.39 is 11.1 Å². The fourth-order valence-corrected chi connectivity index (χ4v) is 2.92. The fourth-order valence-electron chi connectivity index (χ4n) is 2.51.